The van der Waals surface area contributed by atoms with E-state index in [2.05, 4.69) is 10.3 Å². The summed E-state index contributed by atoms with van der Waals surface area (Å²) in [6.07, 6.45) is 7.54. The number of carbonyl (C=O) groups is 2. The maximum absolute atomic E-state index is 13.2. The Labute approximate surface area is 271 Å². The van der Waals surface area contributed by atoms with E-state index < -0.39 is 5.60 Å². The predicted octanol–water partition coefficient (Wildman–Crippen LogP) is 5.33. The number of amides is 2. The molecule has 0 bridgehead atoms. The van der Waals surface area contributed by atoms with Crippen molar-refractivity contribution >= 4 is 56.8 Å². The normalized spacial score (nSPS) is 16.8. The maximum atomic E-state index is 13.2. The van der Waals surface area contributed by atoms with Crippen molar-refractivity contribution in [1.29, 1.82) is 0 Å². The van der Waals surface area contributed by atoms with Crippen molar-refractivity contribution in [3.05, 3.63) is 79.9 Å². The van der Waals surface area contributed by atoms with Crippen LogP contribution in [0.25, 0.3) is 21.8 Å². The van der Waals surface area contributed by atoms with Crippen LogP contribution in [0.4, 0.5) is 0 Å². The lowest BCUT2D eigenvalue weighted by Crippen LogP contribution is -2.50. The van der Waals surface area contributed by atoms with Gasteiger partial charge in [-0.05, 0) is 87.3 Å². The molecule has 2 aliphatic rings. The Morgan fingerprint density at radius 3 is 2.60 bits per heavy atom. The van der Waals surface area contributed by atoms with Gasteiger partial charge in [-0.3, -0.25) is 23.9 Å². The fraction of sp³-hybridized carbons (Fsp3) is 0.441. The predicted molar refractivity (Wildman–Crippen MR) is 176 cm³/mol. The minimum absolute atomic E-state index is 0.0330. The van der Waals surface area contributed by atoms with Crippen molar-refractivity contribution in [2.24, 2.45) is 5.92 Å². The highest BCUT2D eigenvalue weighted by Gasteiger charge is 2.35. The number of hydrogen-bond acceptors (Lipinski definition) is 6. The Hall–Kier alpha value is -3.53. The first-order chi connectivity index (χ1) is 21.6. The monoisotopic (exact) mass is 649 g/mol. The van der Waals surface area contributed by atoms with Crippen LogP contribution in [-0.4, -0.2) is 61.6 Å². The molecule has 1 unspecified atom stereocenters. The third kappa shape index (κ3) is 6.71. The highest BCUT2D eigenvalue weighted by atomic mass is 35.5. The average Bonchev–Trinajstić information content (AvgIpc) is 3.04. The van der Waals surface area contributed by atoms with Crippen molar-refractivity contribution in [3.8, 4) is 0 Å². The smallest absolute Gasteiger partial charge is 0.261 e. The van der Waals surface area contributed by atoms with Gasteiger partial charge in [0.15, 0.2) is 0 Å². The molecular formula is C34H37Cl2N5O4. The molecule has 6 rings (SSSR count). The Kier molecular flexibility index (Phi) is 9.13. The molecule has 9 nitrogen and oxygen atoms in total. The van der Waals surface area contributed by atoms with E-state index in [1.54, 1.807) is 35.2 Å². The van der Waals surface area contributed by atoms with Gasteiger partial charge in [-0.2, -0.15) is 0 Å². The van der Waals surface area contributed by atoms with Gasteiger partial charge in [0.05, 0.1) is 39.9 Å². The standard InChI is InChI=1S/C34H37Cl2N5O4/c1-21(5-4-14-37-31(42)22-8-10-25-29(17-22)39-27-7-3-2-6-24(27)30(25)36)32(43)40-15-12-34(45,13-16-40)19-41-20-38-28-18-23(35)9-11-26(28)33(41)44/h8-11,17-18,20-21,45H,2-7,12-16,19H2,1H3,(H,37,42). The largest absolute Gasteiger partial charge is 0.388 e. The Balaban J connectivity index is 0.972. The van der Waals surface area contributed by atoms with Gasteiger partial charge >= 0.3 is 0 Å². The molecule has 0 radical (unpaired) electrons. The quantitative estimate of drug-likeness (QED) is 0.249. The Morgan fingerprint density at radius 1 is 1.04 bits per heavy atom. The van der Waals surface area contributed by atoms with E-state index in [9.17, 15) is 19.5 Å². The highest BCUT2D eigenvalue weighted by Crippen LogP contribution is 2.33. The fourth-order valence-electron chi connectivity index (χ4n) is 6.52. The average molecular weight is 651 g/mol. The number of carbonyl (C=O) groups excluding carboxylic acids is 2. The summed E-state index contributed by atoms with van der Waals surface area (Å²) >= 11 is 12.7. The van der Waals surface area contributed by atoms with Crippen molar-refractivity contribution in [2.75, 3.05) is 19.6 Å². The van der Waals surface area contributed by atoms with Gasteiger partial charge < -0.3 is 15.3 Å². The number of pyridine rings is 1. The second kappa shape index (κ2) is 13.1. The lowest BCUT2D eigenvalue weighted by atomic mass is 9.90. The number of hydrogen-bond donors (Lipinski definition) is 2. The molecule has 2 aromatic carbocycles. The van der Waals surface area contributed by atoms with Crippen molar-refractivity contribution in [1.82, 2.24) is 24.8 Å². The third-order valence-corrected chi connectivity index (χ3v) is 9.90. The first kappa shape index (κ1) is 31.5. The molecule has 1 fully saturated rings. The van der Waals surface area contributed by atoms with E-state index >= 15 is 0 Å². The molecule has 11 heteroatoms. The number of aryl methyl sites for hydroxylation is 1. The van der Waals surface area contributed by atoms with Crippen molar-refractivity contribution < 1.29 is 14.7 Å². The van der Waals surface area contributed by atoms with E-state index in [-0.39, 0.29) is 29.8 Å². The fourth-order valence-corrected chi connectivity index (χ4v) is 7.05. The maximum Gasteiger partial charge on any atom is 0.261 e. The van der Waals surface area contributed by atoms with Crippen LogP contribution >= 0.6 is 23.2 Å². The summed E-state index contributed by atoms with van der Waals surface area (Å²) in [6.45, 7) is 3.28. The van der Waals surface area contributed by atoms with Gasteiger partial charge in [0, 0.05) is 47.2 Å². The SMILES string of the molecule is CC(CCCNC(=O)c1ccc2c(Cl)c3c(nc2c1)CCCC3)C(=O)N1CCC(O)(Cn2cnc3cc(Cl)ccc3c2=O)CC1. The molecule has 236 valence electrons. The van der Waals surface area contributed by atoms with Crippen LogP contribution < -0.4 is 10.9 Å². The van der Waals surface area contributed by atoms with Gasteiger partial charge in [0.2, 0.25) is 5.91 Å². The summed E-state index contributed by atoms with van der Waals surface area (Å²) in [7, 11) is 0. The van der Waals surface area contributed by atoms with Gasteiger partial charge in [-0.25, -0.2) is 4.98 Å². The first-order valence-electron chi connectivity index (χ1n) is 15.7. The van der Waals surface area contributed by atoms with E-state index in [0.717, 1.165) is 52.9 Å². The topological polar surface area (TPSA) is 117 Å². The molecule has 2 N–H and O–H groups in total. The zero-order chi connectivity index (χ0) is 31.7. The van der Waals surface area contributed by atoms with Gasteiger partial charge in [-0.1, -0.05) is 36.2 Å². The number of aromatic nitrogens is 3. The van der Waals surface area contributed by atoms with Crippen molar-refractivity contribution in [2.45, 2.75) is 70.4 Å². The van der Waals surface area contributed by atoms with E-state index in [1.165, 1.54) is 10.9 Å². The molecule has 3 heterocycles. The molecule has 1 aliphatic carbocycles. The molecule has 2 aromatic heterocycles. The van der Waals surface area contributed by atoms with Crippen LogP contribution in [0.1, 0.15) is 67.1 Å². The third-order valence-electron chi connectivity index (χ3n) is 9.23. The van der Waals surface area contributed by atoms with Crippen LogP contribution in [0.2, 0.25) is 10.0 Å². The summed E-state index contributed by atoms with van der Waals surface area (Å²) in [5, 5.41) is 16.8. The molecule has 1 saturated heterocycles. The summed E-state index contributed by atoms with van der Waals surface area (Å²) in [6, 6.07) is 10.4. The summed E-state index contributed by atoms with van der Waals surface area (Å²) < 4.78 is 1.43. The highest BCUT2D eigenvalue weighted by molar-refractivity contribution is 6.36. The van der Waals surface area contributed by atoms with E-state index in [1.807, 2.05) is 13.0 Å². The van der Waals surface area contributed by atoms with Crippen LogP contribution in [0.15, 0.2) is 47.5 Å². The number of likely N-dealkylation sites (tertiary alicyclic amines) is 1. The van der Waals surface area contributed by atoms with E-state index in [0.29, 0.717) is 66.8 Å². The summed E-state index contributed by atoms with van der Waals surface area (Å²) in [4.78, 5) is 49.9. The molecular weight excluding hydrogens is 613 g/mol. The van der Waals surface area contributed by atoms with Crippen molar-refractivity contribution in [3.63, 3.8) is 0 Å². The molecule has 0 spiro atoms. The van der Waals surface area contributed by atoms with Crippen LogP contribution in [-0.2, 0) is 24.2 Å². The second-order valence-electron chi connectivity index (χ2n) is 12.5. The second-order valence-corrected chi connectivity index (χ2v) is 13.3. The molecule has 1 atom stereocenters. The number of nitrogens with zero attached hydrogens (tertiary/aromatic N) is 4. The van der Waals surface area contributed by atoms with Crippen LogP contribution in [0.5, 0.6) is 0 Å². The van der Waals surface area contributed by atoms with Crippen LogP contribution in [0, 0.1) is 5.92 Å². The number of aliphatic hydroxyl groups is 1. The molecule has 4 aromatic rings. The van der Waals surface area contributed by atoms with Gasteiger partial charge in [-0.15, -0.1) is 0 Å². The van der Waals surface area contributed by atoms with E-state index in [4.69, 9.17) is 28.2 Å². The van der Waals surface area contributed by atoms with Gasteiger partial charge in [0.1, 0.15) is 0 Å². The lowest BCUT2D eigenvalue weighted by Gasteiger charge is -2.39. The molecule has 0 saturated carbocycles. The van der Waals surface area contributed by atoms with Gasteiger partial charge in [0.25, 0.3) is 11.5 Å². The Morgan fingerprint density at radius 2 is 1.80 bits per heavy atom. The first-order valence-corrected chi connectivity index (χ1v) is 16.4. The zero-order valence-corrected chi connectivity index (χ0v) is 26.8. The lowest BCUT2D eigenvalue weighted by molar-refractivity contribution is -0.139. The molecule has 45 heavy (non-hydrogen) atoms. The minimum Gasteiger partial charge on any atom is -0.388 e. The van der Waals surface area contributed by atoms with Crippen LogP contribution in [0.3, 0.4) is 0 Å². The molecule has 1 aliphatic heterocycles. The molecule has 2 amide bonds. The number of rotatable bonds is 8. The number of fused-ring (bicyclic) bond motifs is 3. The number of piperidine rings is 1. The number of halogens is 2. The minimum atomic E-state index is -1.11. The summed E-state index contributed by atoms with van der Waals surface area (Å²) in [5.41, 5.74) is 2.63. The number of nitrogens with one attached hydrogen (secondary N) is 1. The number of benzene rings is 2. The zero-order valence-electron chi connectivity index (χ0n) is 25.3. The Bertz CT molecular complexity index is 1830. The summed E-state index contributed by atoms with van der Waals surface area (Å²) in [5.74, 6) is -0.359.